The molecule has 7 heteroatoms. The van der Waals surface area contributed by atoms with E-state index in [0.29, 0.717) is 22.0 Å². The number of nitrogens with one attached hydrogen (secondary N) is 1. The lowest BCUT2D eigenvalue weighted by Crippen LogP contribution is -2.22. The molecule has 1 aromatic carbocycles. The predicted octanol–water partition coefficient (Wildman–Crippen LogP) is 4.73. The van der Waals surface area contributed by atoms with Crippen molar-refractivity contribution < 1.29 is 13.9 Å². The molecule has 3 aromatic rings. The van der Waals surface area contributed by atoms with E-state index in [-0.39, 0.29) is 24.4 Å². The quantitative estimate of drug-likeness (QED) is 0.610. The van der Waals surface area contributed by atoms with Gasteiger partial charge in [0, 0.05) is 18.3 Å². The van der Waals surface area contributed by atoms with Gasteiger partial charge in [-0.3, -0.25) is 9.78 Å². The van der Waals surface area contributed by atoms with E-state index in [9.17, 15) is 9.18 Å². The maximum absolute atomic E-state index is 14.1. The molecule has 1 N–H and O–H groups in total. The highest BCUT2D eigenvalue weighted by atomic mass is 32.1. The van der Waals surface area contributed by atoms with Gasteiger partial charge in [0.1, 0.15) is 15.7 Å². The van der Waals surface area contributed by atoms with Crippen molar-refractivity contribution in [3.8, 4) is 10.7 Å². The smallest absolute Gasteiger partial charge is 0.263 e. The number of halogens is 1. The standard InChI is InChI=1S/C22H22FN3O2S/c23-18-9-8-15(11-16(18)14-28-17-5-1-2-6-17)12-25-21(27)20-13-26-22(29-20)19-7-3-4-10-24-19/h3-4,7-11,13,17H,1-2,5-6,12,14H2,(H,25,27). The van der Waals surface area contributed by atoms with E-state index in [0.717, 1.165) is 24.1 Å². The molecular formula is C22H22FN3O2S. The predicted molar refractivity (Wildman–Crippen MR) is 110 cm³/mol. The summed E-state index contributed by atoms with van der Waals surface area (Å²) in [6, 6.07) is 10.4. The molecule has 2 aromatic heterocycles. The van der Waals surface area contributed by atoms with Crippen LogP contribution in [0.1, 0.15) is 46.5 Å². The average molecular weight is 412 g/mol. The van der Waals surface area contributed by atoms with Crippen LogP contribution in [0.15, 0.2) is 48.8 Å². The molecule has 1 fully saturated rings. The van der Waals surface area contributed by atoms with Gasteiger partial charge in [-0.05, 0) is 42.7 Å². The average Bonchev–Trinajstić information content (AvgIpc) is 3.45. The van der Waals surface area contributed by atoms with Crippen LogP contribution in [0.5, 0.6) is 0 Å². The summed E-state index contributed by atoms with van der Waals surface area (Å²) < 4.78 is 19.9. The summed E-state index contributed by atoms with van der Waals surface area (Å²) >= 11 is 1.29. The molecule has 0 saturated heterocycles. The molecule has 0 spiro atoms. The van der Waals surface area contributed by atoms with Crippen LogP contribution in [0.2, 0.25) is 0 Å². The van der Waals surface area contributed by atoms with Gasteiger partial charge in [0.2, 0.25) is 0 Å². The fourth-order valence-corrected chi connectivity index (χ4v) is 4.18. The number of carbonyl (C=O) groups excluding carboxylic acids is 1. The second-order valence-corrected chi connectivity index (χ2v) is 8.10. The first-order chi connectivity index (χ1) is 14.2. The lowest BCUT2D eigenvalue weighted by Gasteiger charge is -2.12. The van der Waals surface area contributed by atoms with Gasteiger partial charge in [0.25, 0.3) is 5.91 Å². The van der Waals surface area contributed by atoms with E-state index >= 15 is 0 Å². The van der Waals surface area contributed by atoms with E-state index in [2.05, 4.69) is 15.3 Å². The van der Waals surface area contributed by atoms with Gasteiger partial charge in [-0.15, -0.1) is 11.3 Å². The lowest BCUT2D eigenvalue weighted by atomic mass is 10.1. The van der Waals surface area contributed by atoms with Crippen LogP contribution in [-0.4, -0.2) is 22.0 Å². The fourth-order valence-electron chi connectivity index (χ4n) is 3.37. The number of carbonyl (C=O) groups is 1. The first kappa shape index (κ1) is 19.7. The van der Waals surface area contributed by atoms with Crippen molar-refractivity contribution in [3.05, 3.63) is 70.6 Å². The summed E-state index contributed by atoms with van der Waals surface area (Å²) in [6.45, 7) is 0.576. The molecule has 29 heavy (non-hydrogen) atoms. The Kier molecular flexibility index (Phi) is 6.27. The molecule has 5 nitrogen and oxygen atoms in total. The Labute approximate surface area is 173 Å². The van der Waals surface area contributed by atoms with Crippen LogP contribution in [0, 0.1) is 5.82 Å². The van der Waals surface area contributed by atoms with E-state index in [4.69, 9.17) is 4.74 Å². The van der Waals surface area contributed by atoms with E-state index in [1.54, 1.807) is 24.5 Å². The summed E-state index contributed by atoms with van der Waals surface area (Å²) in [5.41, 5.74) is 2.10. The maximum Gasteiger partial charge on any atom is 0.263 e. The number of aromatic nitrogens is 2. The van der Waals surface area contributed by atoms with Gasteiger partial charge < -0.3 is 10.1 Å². The first-order valence-corrected chi connectivity index (χ1v) is 10.5. The van der Waals surface area contributed by atoms with Crippen molar-refractivity contribution in [2.75, 3.05) is 0 Å². The first-order valence-electron chi connectivity index (χ1n) is 9.73. The van der Waals surface area contributed by atoms with Gasteiger partial charge in [0.05, 0.1) is 24.6 Å². The van der Waals surface area contributed by atoms with Crippen LogP contribution in [0.25, 0.3) is 10.7 Å². The van der Waals surface area contributed by atoms with Gasteiger partial charge in [-0.25, -0.2) is 9.37 Å². The highest BCUT2D eigenvalue weighted by Crippen LogP contribution is 2.24. The molecule has 2 heterocycles. The van der Waals surface area contributed by atoms with Crippen molar-refractivity contribution in [2.45, 2.75) is 44.9 Å². The van der Waals surface area contributed by atoms with Crippen LogP contribution < -0.4 is 5.32 Å². The summed E-state index contributed by atoms with van der Waals surface area (Å²) in [5.74, 6) is -0.488. The normalized spacial score (nSPS) is 14.2. The summed E-state index contributed by atoms with van der Waals surface area (Å²) in [7, 11) is 0. The highest BCUT2D eigenvalue weighted by Gasteiger charge is 2.16. The molecule has 1 saturated carbocycles. The summed E-state index contributed by atoms with van der Waals surface area (Å²) in [6.07, 6.45) is 7.93. The monoisotopic (exact) mass is 411 g/mol. The maximum atomic E-state index is 14.1. The number of ether oxygens (including phenoxy) is 1. The zero-order valence-electron chi connectivity index (χ0n) is 15.9. The minimum Gasteiger partial charge on any atom is -0.373 e. The zero-order valence-corrected chi connectivity index (χ0v) is 16.8. The molecule has 150 valence electrons. The number of amides is 1. The van der Waals surface area contributed by atoms with Crippen molar-refractivity contribution in [3.63, 3.8) is 0 Å². The minimum atomic E-state index is -0.277. The SMILES string of the molecule is O=C(NCc1ccc(F)c(COC2CCCC2)c1)c1cnc(-c2ccccn2)s1. The molecule has 1 aliphatic rings. The van der Waals surface area contributed by atoms with Gasteiger partial charge in [-0.2, -0.15) is 0 Å². The number of pyridine rings is 1. The molecule has 1 amide bonds. The number of rotatable bonds is 7. The van der Waals surface area contributed by atoms with Crippen LogP contribution in [0.3, 0.4) is 0 Å². The topological polar surface area (TPSA) is 64.1 Å². The van der Waals surface area contributed by atoms with Crippen LogP contribution in [-0.2, 0) is 17.9 Å². The molecule has 1 aliphatic carbocycles. The van der Waals surface area contributed by atoms with Crippen molar-refractivity contribution in [1.29, 1.82) is 0 Å². The van der Waals surface area contributed by atoms with Crippen molar-refractivity contribution in [2.24, 2.45) is 0 Å². The van der Waals surface area contributed by atoms with Crippen LogP contribution in [0.4, 0.5) is 4.39 Å². The molecule has 0 aliphatic heterocycles. The third-order valence-corrected chi connectivity index (χ3v) is 5.97. The second-order valence-electron chi connectivity index (χ2n) is 7.07. The Morgan fingerprint density at radius 3 is 2.86 bits per heavy atom. The Hall–Kier alpha value is -2.64. The van der Waals surface area contributed by atoms with E-state index in [1.165, 1.54) is 30.2 Å². The number of benzene rings is 1. The largest absolute Gasteiger partial charge is 0.373 e. The molecule has 0 unspecified atom stereocenters. The Balaban J connectivity index is 1.35. The van der Waals surface area contributed by atoms with Gasteiger partial charge in [0.15, 0.2) is 0 Å². The minimum absolute atomic E-state index is 0.210. The molecular weight excluding hydrogens is 389 g/mol. The number of hydrogen-bond donors (Lipinski definition) is 1. The zero-order chi connectivity index (χ0) is 20.1. The fraction of sp³-hybridized carbons (Fsp3) is 0.318. The number of nitrogens with zero attached hydrogens (tertiary/aromatic N) is 2. The second kappa shape index (κ2) is 9.24. The molecule has 0 bridgehead atoms. The molecule has 0 atom stereocenters. The van der Waals surface area contributed by atoms with E-state index < -0.39 is 0 Å². The van der Waals surface area contributed by atoms with Crippen molar-refractivity contribution >= 4 is 17.2 Å². The highest BCUT2D eigenvalue weighted by molar-refractivity contribution is 7.16. The summed E-state index contributed by atoms with van der Waals surface area (Å²) in [5, 5.41) is 3.57. The number of thiazole rings is 1. The third-order valence-electron chi connectivity index (χ3n) is 4.95. The molecule has 4 rings (SSSR count). The van der Waals surface area contributed by atoms with Gasteiger partial charge >= 0.3 is 0 Å². The summed E-state index contributed by atoms with van der Waals surface area (Å²) in [4.78, 5) is 21.5. The molecule has 0 radical (unpaired) electrons. The van der Waals surface area contributed by atoms with E-state index in [1.807, 2.05) is 18.2 Å². The Morgan fingerprint density at radius 1 is 1.21 bits per heavy atom. The van der Waals surface area contributed by atoms with Crippen molar-refractivity contribution in [1.82, 2.24) is 15.3 Å². The number of hydrogen-bond acceptors (Lipinski definition) is 5. The lowest BCUT2D eigenvalue weighted by molar-refractivity contribution is 0.0441. The van der Waals surface area contributed by atoms with Gasteiger partial charge in [-0.1, -0.05) is 25.0 Å². The Morgan fingerprint density at radius 2 is 2.07 bits per heavy atom. The Bertz CT molecular complexity index is 971. The third kappa shape index (κ3) is 5.05. The van der Waals surface area contributed by atoms with Crippen LogP contribution >= 0.6 is 11.3 Å².